The zero-order valence-corrected chi connectivity index (χ0v) is 12.6. The molecule has 1 aliphatic rings. The van der Waals surface area contributed by atoms with Gasteiger partial charge in [0.2, 0.25) is 0 Å². The molecule has 0 aliphatic heterocycles. The predicted molar refractivity (Wildman–Crippen MR) is 76.2 cm³/mol. The van der Waals surface area contributed by atoms with Crippen LogP contribution in [0.2, 0.25) is 0 Å². The Morgan fingerprint density at radius 3 is 2.57 bits per heavy atom. The van der Waals surface area contributed by atoms with Crippen molar-refractivity contribution in [3.63, 3.8) is 0 Å². The van der Waals surface area contributed by atoms with Crippen molar-refractivity contribution in [3.8, 4) is 0 Å². The summed E-state index contributed by atoms with van der Waals surface area (Å²) in [7, 11) is 0. The third-order valence-electron chi connectivity index (χ3n) is 3.68. The molecule has 21 heavy (non-hydrogen) atoms. The number of alkyl halides is 3. The second-order valence-corrected chi connectivity index (χ2v) is 6.02. The first kappa shape index (κ1) is 16.1. The smallest absolute Gasteiger partial charge is 0.376 e. The average molecular weight is 367 g/mol. The number of anilines is 1. The molecule has 1 N–H and O–H groups in total. The Morgan fingerprint density at radius 2 is 1.95 bits per heavy atom. The van der Waals surface area contributed by atoms with E-state index in [4.69, 9.17) is 0 Å². The van der Waals surface area contributed by atoms with Crippen LogP contribution in [0, 0.1) is 16.0 Å². The van der Waals surface area contributed by atoms with Crippen LogP contribution in [0.1, 0.15) is 25.7 Å². The van der Waals surface area contributed by atoms with Crippen molar-refractivity contribution >= 4 is 27.3 Å². The molecule has 0 saturated heterocycles. The maximum absolute atomic E-state index is 13.0. The van der Waals surface area contributed by atoms with Crippen LogP contribution in [0.5, 0.6) is 0 Å². The number of halogens is 4. The third kappa shape index (κ3) is 3.87. The molecule has 2 atom stereocenters. The van der Waals surface area contributed by atoms with Gasteiger partial charge in [-0.25, -0.2) is 0 Å². The number of hydrogen-bond acceptors (Lipinski definition) is 3. The van der Waals surface area contributed by atoms with Crippen LogP contribution in [0.15, 0.2) is 22.7 Å². The van der Waals surface area contributed by atoms with E-state index in [0.29, 0.717) is 23.7 Å². The first-order chi connectivity index (χ1) is 9.79. The van der Waals surface area contributed by atoms with Crippen LogP contribution in [0.25, 0.3) is 0 Å². The summed E-state index contributed by atoms with van der Waals surface area (Å²) in [5, 5.41) is 13.7. The lowest BCUT2D eigenvalue weighted by molar-refractivity contribution is -0.384. The van der Waals surface area contributed by atoms with Gasteiger partial charge < -0.3 is 5.32 Å². The molecule has 1 aromatic carbocycles. The van der Waals surface area contributed by atoms with Crippen LogP contribution in [-0.4, -0.2) is 17.1 Å². The van der Waals surface area contributed by atoms with E-state index >= 15 is 0 Å². The van der Waals surface area contributed by atoms with E-state index in [2.05, 4.69) is 21.2 Å². The lowest BCUT2D eigenvalue weighted by Crippen LogP contribution is -2.41. The van der Waals surface area contributed by atoms with Gasteiger partial charge in [-0.15, -0.1) is 0 Å². The first-order valence-electron chi connectivity index (χ1n) is 6.56. The van der Waals surface area contributed by atoms with Gasteiger partial charge in [-0.1, -0.05) is 28.8 Å². The van der Waals surface area contributed by atoms with Gasteiger partial charge in [0.05, 0.1) is 10.8 Å². The number of nitro benzene ring substituents is 1. The lowest BCUT2D eigenvalue weighted by Gasteiger charge is -2.34. The SMILES string of the molecule is O=[N+]([O-])c1cc(Br)ccc1NC1CCCCC1C(F)(F)F. The number of nitro groups is 1. The molecule has 0 spiro atoms. The largest absolute Gasteiger partial charge is 0.393 e. The third-order valence-corrected chi connectivity index (χ3v) is 4.18. The number of hydrogen-bond donors (Lipinski definition) is 1. The van der Waals surface area contributed by atoms with E-state index < -0.39 is 23.1 Å². The second kappa shape index (κ2) is 6.21. The van der Waals surface area contributed by atoms with Crippen molar-refractivity contribution in [2.45, 2.75) is 37.9 Å². The predicted octanol–water partition coefficient (Wildman–Crippen LogP) is 4.89. The van der Waals surface area contributed by atoms with Crippen molar-refractivity contribution in [3.05, 3.63) is 32.8 Å². The molecule has 0 amide bonds. The Labute approximate surface area is 128 Å². The Morgan fingerprint density at radius 1 is 1.29 bits per heavy atom. The summed E-state index contributed by atoms with van der Waals surface area (Å²) >= 11 is 3.12. The normalized spacial score (nSPS) is 22.9. The molecular formula is C13H14BrF3N2O2. The Balaban J connectivity index is 2.25. The summed E-state index contributed by atoms with van der Waals surface area (Å²) < 4.78 is 39.6. The van der Waals surface area contributed by atoms with Gasteiger partial charge in [0.15, 0.2) is 0 Å². The zero-order chi connectivity index (χ0) is 15.6. The molecule has 0 radical (unpaired) electrons. The van der Waals surface area contributed by atoms with E-state index in [0.717, 1.165) is 0 Å². The molecule has 0 heterocycles. The molecule has 1 saturated carbocycles. The van der Waals surface area contributed by atoms with E-state index in [9.17, 15) is 23.3 Å². The molecular weight excluding hydrogens is 353 g/mol. The van der Waals surface area contributed by atoms with Gasteiger partial charge in [0, 0.05) is 16.6 Å². The fraction of sp³-hybridized carbons (Fsp3) is 0.538. The molecule has 8 heteroatoms. The fourth-order valence-corrected chi connectivity index (χ4v) is 3.02. The molecule has 116 valence electrons. The lowest BCUT2D eigenvalue weighted by atomic mass is 9.84. The summed E-state index contributed by atoms with van der Waals surface area (Å²) in [4.78, 5) is 10.4. The number of nitrogens with zero attached hydrogens (tertiary/aromatic N) is 1. The van der Waals surface area contributed by atoms with E-state index in [1.165, 1.54) is 12.1 Å². The molecule has 2 unspecified atom stereocenters. The molecule has 1 fully saturated rings. The molecule has 4 nitrogen and oxygen atoms in total. The Kier molecular flexibility index (Phi) is 4.75. The van der Waals surface area contributed by atoms with E-state index in [1.54, 1.807) is 6.07 Å². The Hall–Kier alpha value is -1.31. The van der Waals surface area contributed by atoms with Gasteiger partial charge in [-0.2, -0.15) is 13.2 Å². The van der Waals surface area contributed by atoms with Crippen LogP contribution < -0.4 is 5.32 Å². The summed E-state index contributed by atoms with van der Waals surface area (Å²) in [6.45, 7) is 0. The number of benzene rings is 1. The van der Waals surface area contributed by atoms with Gasteiger partial charge >= 0.3 is 6.18 Å². The monoisotopic (exact) mass is 366 g/mol. The highest BCUT2D eigenvalue weighted by molar-refractivity contribution is 9.10. The molecule has 0 bridgehead atoms. The molecule has 1 aromatic rings. The maximum Gasteiger partial charge on any atom is 0.393 e. The fourth-order valence-electron chi connectivity index (χ4n) is 2.67. The highest BCUT2D eigenvalue weighted by atomic mass is 79.9. The van der Waals surface area contributed by atoms with Crippen LogP contribution >= 0.6 is 15.9 Å². The van der Waals surface area contributed by atoms with Crippen molar-refractivity contribution < 1.29 is 18.1 Å². The van der Waals surface area contributed by atoms with Crippen LogP contribution in [0.4, 0.5) is 24.5 Å². The average Bonchev–Trinajstić information content (AvgIpc) is 2.40. The summed E-state index contributed by atoms with van der Waals surface area (Å²) in [5.41, 5.74) is -0.0970. The highest BCUT2D eigenvalue weighted by Crippen LogP contribution is 2.40. The van der Waals surface area contributed by atoms with Crippen molar-refractivity contribution in [1.29, 1.82) is 0 Å². The highest BCUT2D eigenvalue weighted by Gasteiger charge is 2.45. The van der Waals surface area contributed by atoms with E-state index in [1.807, 2.05) is 0 Å². The number of nitrogens with one attached hydrogen (secondary N) is 1. The maximum atomic E-state index is 13.0. The minimum absolute atomic E-state index is 0.0610. The number of rotatable bonds is 3. The summed E-state index contributed by atoms with van der Waals surface area (Å²) in [6, 6.07) is 3.47. The van der Waals surface area contributed by atoms with Crippen LogP contribution in [-0.2, 0) is 0 Å². The van der Waals surface area contributed by atoms with Crippen molar-refractivity contribution in [1.82, 2.24) is 0 Å². The van der Waals surface area contributed by atoms with Gasteiger partial charge in [0.1, 0.15) is 5.69 Å². The minimum Gasteiger partial charge on any atom is -0.376 e. The van der Waals surface area contributed by atoms with Crippen molar-refractivity contribution in [2.24, 2.45) is 5.92 Å². The van der Waals surface area contributed by atoms with Crippen molar-refractivity contribution in [2.75, 3.05) is 5.32 Å². The quantitative estimate of drug-likeness (QED) is 0.611. The van der Waals surface area contributed by atoms with Gasteiger partial charge in [0.25, 0.3) is 5.69 Å². The minimum atomic E-state index is -4.29. The molecule has 2 rings (SSSR count). The van der Waals surface area contributed by atoms with E-state index in [-0.39, 0.29) is 17.8 Å². The second-order valence-electron chi connectivity index (χ2n) is 5.10. The standard InChI is InChI=1S/C13H14BrF3N2O2/c14-8-5-6-11(12(7-8)19(20)21)18-10-4-2-1-3-9(10)13(15,16)17/h5-7,9-10,18H,1-4H2. The Bertz CT molecular complexity index is 537. The zero-order valence-electron chi connectivity index (χ0n) is 11.0. The van der Waals surface area contributed by atoms with Crippen LogP contribution in [0.3, 0.4) is 0 Å². The first-order valence-corrected chi connectivity index (χ1v) is 7.35. The molecule has 1 aliphatic carbocycles. The summed E-state index contributed by atoms with van der Waals surface area (Å²) in [5.74, 6) is -1.46. The topological polar surface area (TPSA) is 55.2 Å². The summed E-state index contributed by atoms with van der Waals surface area (Å²) in [6.07, 6.45) is -2.65. The molecule has 0 aromatic heterocycles. The van der Waals surface area contributed by atoms with Gasteiger partial charge in [-0.3, -0.25) is 10.1 Å². The van der Waals surface area contributed by atoms with Gasteiger partial charge in [-0.05, 0) is 25.0 Å².